The number of quaternary nitrogens is 1. The van der Waals surface area contributed by atoms with Crippen molar-refractivity contribution in [3.8, 4) is 0 Å². The second-order valence-electron chi connectivity index (χ2n) is 21.2. The monoisotopic (exact) mass is 1080 g/mol. The Balaban J connectivity index is 6.52. The number of aliphatic hydroxyl groups is 6. The van der Waals surface area contributed by atoms with Gasteiger partial charge in [0.05, 0.1) is 71.8 Å². The molecule has 0 fully saturated rings. The number of carbonyl (C=O) groups excluding carboxylic acids is 6. The van der Waals surface area contributed by atoms with Gasteiger partial charge < -0.3 is 63.5 Å². The van der Waals surface area contributed by atoms with Crippen molar-refractivity contribution in [3.63, 3.8) is 0 Å². The van der Waals surface area contributed by atoms with E-state index in [0.29, 0.717) is 51.6 Å². The Morgan fingerprint density at radius 3 is 1.05 bits per heavy atom. The van der Waals surface area contributed by atoms with Gasteiger partial charge in [0.2, 0.25) is 0 Å². The largest absolute Gasteiger partial charge is 0.462 e. The third-order valence-electron chi connectivity index (χ3n) is 12.6. The molecule has 75 heavy (non-hydrogen) atoms. The zero-order valence-corrected chi connectivity index (χ0v) is 47.5. The number of likely N-dealkylation sites (N-methyl/N-ethyl adjacent to an activating group) is 3. The van der Waals surface area contributed by atoms with Crippen molar-refractivity contribution in [2.24, 2.45) is 0 Å². The van der Waals surface area contributed by atoms with Gasteiger partial charge >= 0.3 is 35.8 Å². The first kappa shape index (κ1) is 71.5. The lowest BCUT2D eigenvalue weighted by molar-refractivity contribution is -0.862. The van der Waals surface area contributed by atoms with Gasteiger partial charge in [-0.25, -0.2) is 4.79 Å². The molecule has 6 N–H and O–H groups in total. The number of rotatable bonds is 46. The predicted octanol–water partition coefficient (Wildman–Crippen LogP) is 3.75. The van der Waals surface area contributed by atoms with Crippen LogP contribution in [0.5, 0.6) is 0 Å². The van der Waals surface area contributed by atoms with Crippen LogP contribution in [0.2, 0.25) is 0 Å². The molecule has 21 nitrogen and oxygen atoms in total. The van der Waals surface area contributed by atoms with Gasteiger partial charge in [-0.15, -0.1) is 0 Å². The fourth-order valence-electron chi connectivity index (χ4n) is 7.85. The first-order valence-corrected chi connectivity index (χ1v) is 27.7. The molecule has 0 rings (SSSR count). The summed E-state index contributed by atoms with van der Waals surface area (Å²) >= 11 is 0. The SMILES string of the molecule is CCCCCCC(O)CC(OC(=O)CN(C)CC)C(O)CC(=O)OCC(COC(=O)CC(O)C(CC(O)CCCCCC)OC(=O)C[N+](C)(C)C)OC(=O)CC(O)C(CC(O)CCCCCC)OC(=O)CN(C)CC. The summed E-state index contributed by atoms with van der Waals surface area (Å²) in [5.74, 6) is -5.24. The molecule has 0 heterocycles. The van der Waals surface area contributed by atoms with Crippen molar-refractivity contribution in [3.05, 3.63) is 0 Å². The maximum atomic E-state index is 13.6. The summed E-state index contributed by atoms with van der Waals surface area (Å²) in [6, 6.07) is 0. The second-order valence-corrected chi connectivity index (χ2v) is 21.2. The van der Waals surface area contributed by atoms with Crippen molar-refractivity contribution in [1.29, 1.82) is 0 Å². The minimum absolute atomic E-state index is 0.0692. The first-order valence-electron chi connectivity index (χ1n) is 27.7. The van der Waals surface area contributed by atoms with Gasteiger partial charge in [0, 0.05) is 19.3 Å². The Morgan fingerprint density at radius 2 is 0.747 bits per heavy atom. The number of unbranched alkanes of at least 4 members (excludes halogenated alkanes) is 9. The molecule has 440 valence electrons. The predicted molar refractivity (Wildman–Crippen MR) is 281 cm³/mol. The van der Waals surface area contributed by atoms with Crippen LogP contribution in [0.1, 0.15) is 169 Å². The highest BCUT2D eigenvalue weighted by molar-refractivity contribution is 5.74. The highest BCUT2D eigenvalue weighted by Gasteiger charge is 2.34. The molecule has 21 heteroatoms. The van der Waals surface area contributed by atoms with E-state index in [9.17, 15) is 59.4 Å². The molecule has 0 saturated carbocycles. The number of hydrogen-bond acceptors (Lipinski definition) is 20. The molecule has 0 radical (unpaired) electrons. The molecule has 0 aliphatic rings. The molecule has 0 aliphatic heterocycles. The molecule has 0 spiro atoms. The van der Waals surface area contributed by atoms with Crippen LogP contribution in [0.4, 0.5) is 0 Å². The minimum Gasteiger partial charge on any atom is -0.462 e. The van der Waals surface area contributed by atoms with Crippen molar-refractivity contribution in [1.82, 2.24) is 9.80 Å². The number of carbonyl (C=O) groups is 6. The van der Waals surface area contributed by atoms with Gasteiger partial charge in [-0.05, 0) is 46.4 Å². The molecule has 0 amide bonds. The zero-order valence-electron chi connectivity index (χ0n) is 47.5. The summed E-state index contributed by atoms with van der Waals surface area (Å²) in [4.78, 5) is 82.2. The van der Waals surface area contributed by atoms with Crippen LogP contribution < -0.4 is 0 Å². The van der Waals surface area contributed by atoms with E-state index >= 15 is 0 Å². The van der Waals surface area contributed by atoms with Crippen LogP contribution in [0, 0.1) is 0 Å². The topological polar surface area (TPSA) is 286 Å². The van der Waals surface area contributed by atoms with E-state index in [-0.39, 0.29) is 43.4 Å². The lowest BCUT2D eigenvalue weighted by Crippen LogP contribution is -2.44. The summed E-state index contributed by atoms with van der Waals surface area (Å²) < 4.78 is 33.3. The Hall–Kier alpha value is -3.54. The Kier molecular flexibility index (Phi) is 39.6. The fourth-order valence-corrected chi connectivity index (χ4v) is 7.85. The summed E-state index contributed by atoms with van der Waals surface area (Å²) in [6.45, 7) is 9.03. The van der Waals surface area contributed by atoms with Crippen LogP contribution in [0.25, 0.3) is 0 Å². The Morgan fingerprint density at radius 1 is 0.427 bits per heavy atom. The lowest BCUT2D eigenvalue weighted by Gasteiger charge is -2.28. The van der Waals surface area contributed by atoms with Crippen LogP contribution in [0.3, 0.4) is 0 Å². The number of nitrogens with zero attached hydrogens (tertiary/aromatic N) is 3. The molecule has 0 aromatic heterocycles. The first-order chi connectivity index (χ1) is 35.4. The summed E-state index contributed by atoms with van der Waals surface area (Å²) in [6.07, 6.45) is -4.39. The summed E-state index contributed by atoms with van der Waals surface area (Å²) in [5.41, 5.74) is 0. The third kappa shape index (κ3) is 37.8. The van der Waals surface area contributed by atoms with E-state index in [1.54, 1.807) is 45.0 Å². The number of esters is 6. The van der Waals surface area contributed by atoms with Gasteiger partial charge in [0.1, 0.15) is 49.8 Å². The number of hydrogen-bond donors (Lipinski definition) is 6. The average Bonchev–Trinajstić information content (AvgIpc) is 3.32. The molecule has 0 aromatic rings. The standard InChI is InChI=1S/C54H102N3O18/c1-11-16-19-22-25-39(58)28-46(73-52(67)34-55(6)14-4)43(61)31-49(64)70-37-42(72-51(66)33-45(63)47(74-53(68)35-56(7)15-5)29-40(59)26-23-20-17-12-2)38-71-50(65)32-44(62)48(75-54(69)36-57(8,9)10)30-41(60)27-24-21-18-13-3/h39-48,58-63H,11-38H2,1-10H3/q+1. The van der Waals surface area contributed by atoms with Crippen LogP contribution >= 0.6 is 0 Å². The maximum Gasteiger partial charge on any atom is 0.362 e. The van der Waals surface area contributed by atoms with E-state index in [0.717, 1.165) is 57.8 Å². The van der Waals surface area contributed by atoms with Crippen LogP contribution in [-0.4, -0.2) is 223 Å². The normalized spacial score (nSPS) is 15.9. The highest BCUT2D eigenvalue weighted by Crippen LogP contribution is 2.21. The van der Waals surface area contributed by atoms with E-state index in [1.165, 1.54) is 0 Å². The zero-order chi connectivity index (χ0) is 56.9. The molecule has 0 saturated heterocycles. The van der Waals surface area contributed by atoms with Gasteiger partial charge in [-0.1, -0.05) is 112 Å². The van der Waals surface area contributed by atoms with E-state index in [1.807, 2.05) is 20.8 Å². The van der Waals surface area contributed by atoms with Crippen LogP contribution in [0.15, 0.2) is 0 Å². The van der Waals surface area contributed by atoms with Gasteiger partial charge in [-0.3, -0.25) is 33.8 Å². The number of ether oxygens (including phenoxy) is 6. The van der Waals surface area contributed by atoms with E-state index in [2.05, 4.69) is 13.8 Å². The van der Waals surface area contributed by atoms with Gasteiger partial charge in [-0.2, -0.15) is 0 Å². The fraction of sp³-hybridized carbons (Fsp3) is 0.889. The van der Waals surface area contributed by atoms with E-state index < -0.39 is 129 Å². The van der Waals surface area contributed by atoms with Crippen molar-refractivity contribution in [2.45, 2.75) is 230 Å². The van der Waals surface area contributed by atoms with Crippen molar-refractivity contribution in [2.75, 3.05) is 81.2 Å². The quantitative estimate of drug-likeness (QED) is 0.0219. The van der Waals surface area contributed by atoms with Crippen molar-refractivity contribution >= 4 is 35.8 Å². The molecule has 10 unspecified atom stereocenters. The van der Waals surface area contributed by atoms with Gasteiger partial charge in [0.15, 0.2) is 12.6 Å². The number of aliphatic hydroxyl groups excluding tert-OH is 6. The van der Waals surface area contributed by atoms with Gasteiger partial charge in [0.25, 0.3) is 0 Å². The summed E-state index contributed by atoms with van der Waals surface area (Å²) in [7, 11) is 8.68. The maximum absolute atomic E-state index is 13.6. The Labute approximate surface area is 448 Å². The van der Waals surface area contributed by atoms with E-state index in [4.69, 9.17) is 28.4 Å². The lowest BCUT2D eigenvalue weighted by atomic mass is 9.99. The molecule has 0 aliphatic carbocycles. The second kappa shape index (κ2) is 41.5. The minimum atomic E-state index is -1.67. The van der Waals surface area contributed by atoms with Crippen molar-refractivity contribution < 1.29 is 92.3 Å². The molecule has 10 atom stereocenters. The Bertz CT molecular complexity index is 1570. The summed E-state index contributed by atoms with van der Waals surface area (Å²) in [5, 5.41) is 66.2. The molecular weight excluding hydrogens is 979 g/mol. The average molecular weight is 1080 g/mol. The smallest absolute Gasteiger partial charge is 0.362 e. The third-order valence-corrected chi connectivity index (χ3v) is 12.6. The molecule has 0 bridgehead atoms. The van der Waals surface area contributed by atoms with Crippen LogP contribution in [-0.2, 0) is 57.2 Å². The molecular formula is C54H102N3O18+. The highest BCUT2D eigenvalue weighted by atomic mass is 16.6. The molecule has 0 aromatic carbocycles.